The maximum Gasteiger partial charge on any atom is 0.329 e. The van der Waals surface area contributed by atoms with Gasteiger partial charge in [-0.3, -0.25) is 0 Å². The van der Waals surface area contributed by atoms with Crippen molar-refractivity contribution in [2.75, 3.05) is 5.43 Å². The Morgan fingerprint density at radius 2 is 2.10 bits per heavy atom. The standard InChI is InChI=1S/C13H15ClN4O2/c14-13(12(19)20)8-6-11(7-9-13)18(15)17-16-10-4-2-1-3-5-10/h1-8,16-17H,9,15H2,(H,19,20). The van der Waals surface area contributed by atoms with E-state index < -0.39 is 10.8 Å². The Hall–Kier alpha value is -2.02. The molecular weight excluding hydrogens is 280 g/mol. The molecule has 1 unspecified atom stereocenters. The van der Waals surface area contributed by atoms with E-state index in [1.54, 1.807) is 12.2 Å². The fourth-order valence-corrected chi connectivity index (χ4v) is 1.79. The van der Waals surface area contributed by atoms with Crippen LogP contribution in [0.2, 0.25) is 0 Å². The van der Waals surface area contributed by atoms with E-state index in [9.17, 15) is 4.79 Å². The molecule has 20 heavy (non-hydrogen) atoms. The summed E-state index contributed by atoms with van der Waals surface area (Å²) in [6.45, 7) is 0. The predicted octanol–water partition coefficient (Wildman–Crippen LogP) is 1.60. The van der Waals surface area contributed by atoms with Crippen LogP contribution in [-0.4, -0.2) is 21.1 Å². The second-order valence-corrected chi connectivity index (χ2v) is 4.98. The van der Waals surface area contributed by atoms with Crippen molar-refractivity contribution in [3.63, 3.8) is 0 Å². The summed E-state index contributed by atoms with van der Waals surface area (Å²) >= 11 is 5.93. The van der Waals surface area contributed by atoms with Gasteiger partial charge in [0, 0.05) is 6.42 Å². The van der Waals surface area contributed by atoms with Crippen LogP contribution in [0.1, 0.15) is 6.42 Å². The SMILES string of the molecule is NN(NNc1ccccc1)C1=CCC(Cl)(C(=O)O)C=C1. The molecule has 0 bridgehead atoms. The average molecular weight is 295 g/mol. The quantitative estimate of drug-likeness (QED) is 0.375. The average Bonchev–Trinajstić information content (AvgIpc) is 2.46. The van der Waals surface area contributed by atoms with Gasteiger partial charge in [-0.2, -0.15) is 0 Å². The first-order valence-corrected chi connectivity index (χ1v) is 6.32. The van der Waals surface area contributed by atoms with Crippen LogP contribution >= 0.6 is 11.6 Å². The first kappa shape index (κ1) is 14.4. The van der Waals surface area contributed by atoms with Crippen molar-refractivity contribution in [1.29, 1.82) is 0 Å². The van der Waals surface area contributed by atoms with Gasteiger partial charge >= 0.3 is 5.97 Å². The highest BCUT2D eigenvalue weighted by Crippen LogP contribution is 2.28. The molecule has 0 fully saturated rings. The summed E-state index contributed by atoms with van der Waals surface area (Å²) in [5.41, 5.74) is 7.15. The zero-order chi connectivity index (χ0) is 14.6. The smallest absolute Gasteiger partial charge is 0.329 e. The van der Waals surface area contributed by atoms with Crippen LogP contribution in [0.3, 0.4) is 0 Å². The Bertz CT molecular complexity index is 547. The largest absolute Gasteiger partial charge is 0.480 e. The molecule has 0 spiro atoms. The van der Waals surface area contributed by atoms with Crippen molar-refractivity contribution >= 4 is 23.3 Å². The summed E-state index contributed by atoms with van der Waals surface area (Å²) in [6.07, 6.45) is 4.79. The maximum absolute atomic E-state index is 11.0. The van der Waals surface area contributed by atoms with Crippen molar-refractivity contribution in [2.24, 2.45) is 5.84 Å². The van der Waals surface area contributed by atoms with Crippen LogP contribution in [0.25, 0.3) is 0 Å². The Morgan fingerprint density at radius 3 is 2.65 bits per heavy atom. The van der Waals surface area contributed by atoms with E-state index in [0.29, 0.717) is 5.70 Å². The van der Waals surface area contributed by atoms with Gasteiger partial charge in [-0.1, -0.05) is 30.4 Å². The van der Waals surface area contributed by atoms with Crippen LogP contribution in [0, 0.1) is 0 Å². The monoisotopic (exact) mass is 294 g/mol. The zero-order valence-electron chi connectivity index (χ0n) is 10.6. The first-order chi connectivity index (χ1) is 9.51. The lowest BCUT2D eigenvalue weighted by Crippen LogP contribution is -2.46. The topological polar surface area (TPSA) is 90.6 Å². The second-order valence-electron chi connectivity index (χ2n) is 4.31. The van der Waals surface area contributed by atoms with Gasteiger partial charge in [0.05, 0.1) is 11.4 Å². The number of anilines is 1. The van der Waals surface area contributed by atoms with Gasteiger partial charge in [0.1, 0.15) is 0 Å². The van der Waals surface area contributed by atoms with E-state index >= 15 is 0 Å². The van der Waals surface area contributed by atoms with E-state index in [1.165, 1.54) is 11.2 Å². The number of carboxylic acid groups (broad SMARTS) is 1. The molecule has 0 amide bonds. The van der Waals surface area contributed by atoms with E-state index in [0.717, 1.165) is 5.69 Å². The van der Waals surface area contributed by atoms with Crippen molar-refractivity contribution in [3.8, 4) is 0 Å². The number of hydrogen-bond acceptors (Lipinski definition) is 5. The predicted molar refractivity (Wildman–Crippen MR) is 77.3 cm³/mol. The third kappa shape index (κ3) is 3.30. The number of hydrazine groups is 3. The molecule has 1 aliphatic carbocycles. The van der Waals surface area contributed by atoms with Crippen LogP contribution in [0.4, 0.5) is 5.69 Å². The Morgan fingerprint density at radius 1 is 1.40 bits per heavy atom. The number of carboxylic acids is 1. The molecule has 0 radical (unpaired) electrons. The van der Waals surface area contributed by atoms with E-state index in [1.807, 2.05) is 30.3 Å². The number of nitrogens with two attached hydrogens (primary N) is 1. The molecular formula is C13H15ClN4O2. The summed E-state index contributed by atoms with van der Waals surface area (Å²) < 4.78 is 0. The minimum Gasteiger partial charge on any atom is -0.480 e. The van der Waals surface area contributed by atoms with Crippen molar-refractivity contribution in [2.45, 2.75) is 11.3 Å². The lowest BCUT2D eigenvalue weighted by Gasteiger charge is -2.26. The molecule has 0 saturated heterocycles. The number of carbonyl (C=O) groups is 1. The second kappa shape index (κ2) is 5.96. The van der Waals surface area contributed by atoms with Gasteiger partial charge < -0.3 is 10.5 Å². The number of allylic oxidation sites excluding steroid dienone is 2. The Kier molecular flexibility index (Phi) is 4.29. The minimum atomic E-state index is -1.39. The molecule has 7 heteroatoms. The summed E-state index contributed by atoms with van der Waals surface area (Å²) in [5.74, 6) is 4.73. The number of alkyl halides is 1. The van der Waals surface area contributed by atoms with Crippen molar-refractivity contribution in [1.82, 2.24) is 10.7 Å². The summed E-state index contributed by atoms with van der Waals surface area (Å²) in [4.78, 5) is 9.59. The van der Waals surface area contributed by atoms with Gasteiger partial charge in [0.25, 0.3) is 0 Å². The molecule has 1 aromatic carbocycles. The number of rotatable bonds is 5. The van der Waals surface area contributed by atoms with Crippen LogP contribution in [-0.2, 0) is 4.79 Å². The number of halogens is 1. The highest BCUT2D eigenvalue weighted by molar-refractivity contribution is 6.35. The zero-order valence-corrected chi connectivity index (χ0v) is 11.3. The summed E-state index contributed by atoms with van der Waals surface area (Å²) in [6, 6.07) is 9.43. The Labute approximate surface area is 121 Å². The molecule has 0 saturated carbocycles. The Balaban J connectivity index is 1.92. The van der Waals surface area contributed by atoms with Crippen molar-refractivity contribution in [3.05, 3.63) is 54.3 Å². The van der Waals surface area contributed by atoms with E-state index in [4.69, 9.17) is 22.6 Å². The normalized spacial score (nSPS) is 21.2. The molecule has 0 aliphatic heterocycles. The molecule has 6 nitrogen and oxygen atoms in total. The van der Waals surface area contributed by atoms with Gasteiger partial charge in [0.15, 0.2) is 4.87 Å². The molecule has 1 aromatic rings. The molecule has 1 aliphatic rings. The highest BCUT2D eigenvalue weighted by Gasteiger charge is 2.34. The van der Waals surface area contributed by atoms with Crippen molar-refractivity contribution < 1.29 is 9.90 Å². The van der Waals surface area contributed by atoms with Gasteiger partial charge in [-0.15, -0.1) is 17.1 Å². The summed E-state index contributed by atoms with van der Waals surface area (Å²) in [5, 5.41) is 10.2. The highest BCUT2D eigenvalue weighted by atomic mass is 35.5. The van der Waals surface area contributed by atoms with E-state index in [2.05, 4.69) is 11.0 Å². The third-order valence-corrected chi connectivity index (χ3v) is 3.30. The molecule has 5 N–H and O–H groups in total. The number of nitrogens with zero attached hydrogens (tertiary/aromatic N) is 1. The van der Waals surface area contributed by atoms with Gasteiger partial charge in [0.2, 0.25) is 0 Å². The number of benzene rings is 1. The lowest BCUT2D eigenvalue weighted by atomic mass is 9.99. The van der Waals surface area contributed by atoms with Gasteiger partial charge in [-0.05, 0) is 18.2 Å². The van der Waals surface area contributed by atoms with Crippen LogP contribution in [0.15, 0.2) is 54.3 Å². The van der Waals surface area contributed by atoms with Crippen LogP contribution < -0.4 is 16.8 Å². The third-order valence-electron chi connectivity index (χ3n) is 2.85. The first-order valence-electron chi connectivity index (χ1n) is 5.94. The number of nitrogens with one attached hydrogen (secondary N) is 2. The molecule has 0 aromatic heterocycles. The maximum atomic E-state index is 11.0. The number of aliphatic carboxylic acids is 1. The summed E-state index contributed by atoms with van der Waals surface area (Å²) in [7, 11) is 0. The molecule has 0 heterocycles. The fourth-order valence-electron chi connectivity index (χ4n) is 1.65. The van der Waals surface area contributed by atoms with Gasteiger partial charge in [-0.25, -0.2) is 15.8 Å². The molecule has 106 valence electrons. The fraction of sp³-hybridized carbons (Fsp3) is 0.154. The number of para-hydroxylation sites is 1. The lowest BCUT2D eigenvalue weighted by molar-refractivity contribution is -0.138. The molecule has 1 atom stereocenters. The molecule has 2 rings (SSSR count). The minimum absolute atomic E-state index is 0.163. The number of hydrogen-bond donors (Lipinski definition) is 4. The van der Waals surface area contributed by atoms with Crippen LogP contribution in [0.5, 0.6) is 0 Å². The van der Waals surface area contributed by atoms with E-state index in [-0.39, 0.29) is 6.42 Å².